The fourth-order valence-electron chi connectivity index (χ4n) is 0.760. The van der Waals surface area contributed by atoms with Gasteiger partial charge in [-0.3, -0.25) is 0 Å². The number of hydrogen-bond donors (Lipinski definition) is 0. The minimum Gasteiger partial charge on any atom is -0.587 e. The van der Waals surface area contributed by atoms with Gasteiger partial charge >= 0.3 is 0 Å². The summed E-state index contributed by atoms with van der Waals surface area (Å²) >= 11 is 0. The molecule has 0 aromatic carbocycles. The van der Waals surface area contributed by atoms with Crippen LogP contribution in [0.15, 0.2) is 0 Å². The first-order valence-corrected chi connectivity index (χ1v) is 2.92. The van der Waals surface area contributed by atoms with Crippen molar-refractivity contribution in [2.75, 3.05) is 33.4 Å². The largest absolute Gasteiger partial charge is 0.587 e. The summed E-state index contributed by atoms with van der Waals surface area (Å²) in [6.07, 6.45) is 0. The van der Waals surface area contributed by atoms with Crippen LogP contribution in [0, 0.1) is 0 Å². The standard InChI is InChI=1S/C5H11BNO/c1-7(6)2-4-8-5-3-7/h2-5H2,1H3. The molecule has 0 amide bonds. The molecule has 3 radical (unpaired) electrons. The summed E-state index contributed by atoms with van der Waals surface area (Å²) in [5, 5.41) is 0. The molecule has 0 unspecified atom stereocenters. The van der Waals surface area contributed by atoms with Gasteiger partial charge in [0, 0.05) is 7.05 Å². The Labute approximate surface area is 51.5 Å². The van der Waals surface area contributed by atoms with Crippen LogP contribution in [0.25, 0.3) is 0 Å². The van der Waals surface area contributed by atoms with Crippen molar-refractivity contribution in [2.24, 2.45) is 0 Å². The minimum absolute atomic E-state index is 0.625. The first kappa shape index (κ1) is 6.11. The maximum Gasteiger partial charge on any atom is 0.0918 e. The van der Waals surface area contributed by atoms with Gasteiger partial charge in [0.25, 0.3) is 0 Å². The molecule has 8 heavy (non-hydrogen) atoms. The molecular weight excluding hydrogens is 101 g/mol. The lowest BCUT2D eigenvalue weighted by Crippen LogP contribution is -2.49. The van der Waals surface area contributed by atoms with Crippen LogP contribution in [0.3, 0.4) is 0 Å². The molecule has 1 aliphatic rings. The minimum atomic E-state index is 0.625. The van der Waals surface area contributed by atoms with Gasteiger partial charge in [0.15, 0.2) is 0 Å². The van der Waals surface area contributed by atoms with Gasteiger partial charge in [-0.25, -0.2) is 7.98 Å². The predicted molar refractivity (Wildman–Crippen MR) is 32.5 cm³/mol. The number of nitrogens with zero attached hydrogens (tertiary/aromatic N) is 1. The average molecular weight is 112 g/mol. The van der Waals surface area contributed by atoms with Crippen molar-refractivity contribution in [3.63, 3.8) is 0 Å². The third-order valence-corrected chi connectivity index (χ3v) is 1.49. The van der Waals surface area contributed by atoms with Crippen LogP contribution in [0.4, 0.5) is 0 Å². The molecule has 1 saturated heterocycles. The summed E-state index contributed by atoms with van der Waals surface area (Å²) in [7, 11) is 7.75. The zero-order valence-electron chi connectivity index (χ0n) is 5.26. The predicted octanol–water partition coefficient (Wildman–Crippen LogP) is -0.453. The monoisotopic (exact) mass is 112 g/mol. The molecule has 3 heteroatoms. The Bertz CT molecular complexity index is 76.5. The second-order valence-corrected chi connectivity index (χ2v) is 2.54. The van der Waals surface area contributed by atoms with Gasteiger partial charge < -0.3 is 9.13 Å². The molecule has 1 fully saturated rings. The van der Waals surface area contributed by atoms with Gasteiger partial charge in [0.1, 0.15) is 0 Å². The van der Waals surface area contributed by atoms with Gasteiger partial charge in [-0.15, -0.1) is 0 Å². The highest BCUT2D eigenvalue weighted by molar-refractivity contribution is 5.97. The molecule has 0 N–H and O–H groups in total. The molecule has 0 saturated carbocycles. The van der Waals surface area contributed by atoms with E-state index in [1.165, 1.54) is 0 Å². The van der Waals surface area contributed by atoms with Crippen LogP contribution < -0.4 is 0 Å². The Morgan fingerprint density at radius 2 is 1.88 bits per heavy atom. The molecule has 0 atom stereocenters. The molecule has 0 aliphatic carbocycles. The summed E-state index contributed by atoms with van der Waals surface area (Å²) < 4.78 is 5.73. The number of ether oxygens (including phenoxy) is 1. The summed E-state index contributed by atoms with van der Waals surface area (Å²) in [5.41, 5.74) is 0. The molecular formula is C5H11BNO. The Morgan fingerprint density at radius 3 is 2.12 bits per heavy atom. The van der Waals surface area contributed by atoms with E-state index in [0.717, 1.165) is 26.3 Å². The lowest BCUT2D eigenvalue weighted by atomic mass is 10.2. The van der Waals surface area contributed by atoms with Crippen molar-refractivity contribution in [3.8, 4) is 0 Å². The molecule has 1 rings (SSSR count). The second-order valence-electron chi connectivity index (χ2n) is 2.54. The van der Waals surface area contributed by atoms with Crippen molar-refractivity contribution in [1.82, 2.24) is 0 Å². The summed E-state index contributed by atoms with van der Waals surface area (Å²) in [5.74, 6) is 0. The number of hydrogen-bond acceptors (Lipinski definition) is 1. The topological polar surface area (TPSA) is 9.23 Å². The fourth-order valence-corrected chi connectivity index (χ4v) is 0.760. The third kappa shape index (κ3) is 1.49. The van der Waals surface area contributed by atoms with Crippen molar-refractivity contribution in [2.45, 2.75) is 0 Å². The Morgan fingerprint density at radius 1 is 1.38 bits per heavy atom. The van der Waals surface area contributed by atoms with E-state index in [-0.39, 0.29) is 0 Å². The van der Waals surface area contributed by atoms with E-state index in [4.69, 9.17) is 12.7 Å². The van der Waals surface area contributed by atoms with E-state index in [0.29, 0.717) is 4.39 Å². The first-order chi connectivity index (χ1) is 3.71. The second kappa shape index (κ2) is 2.07. The highest BCUT2D eigenvalue weighted by Gasteiger charge is 2.08. The molecule has 2 nitrogen and oxygen atoms in total. The molecule has 1 aliphatic heterocycles. The highest BCUT2D eigenvalue weighted by Crippen LogP contribution is 1.99. The number of rotatable bonds is 0. The van der Waals surface area contributed by atoms with Crippen molar-refractivity contribution in [3.05, 3.63) is 0 Å². The zero-order chi connectivity index (χ0) is 6.04. The van der Waals surface area contributed by atoms with E-state index in [9.17, 15) is 0 Å². The van der Waals surface area contributed by atoms with E-state index in [1.54, 1.807) is 0 Å². The van der Waals surface area contributed by atoms with Crippen LogP contribution in [-0.4, -0.2) is 45.7 Å². The van der Waals surface area contributed by atoms with E-state index in [1.807, 2.05) is 7.05 Å². The van der Waals surface area contributed by atoms with Gasteiger partial charge in [-0.05, 0) is 0 Å². The molecule has 0 bridgehead atoms. The Kier molecular flexibility index (Phi) is 1.58. The van der Waals surface area contributed by atoms with Crippen LogP contribution in [0.2, 0.25) is 0 Å². The van der Waals surface area contributed by atoms with Crippen molar-refractivity contribution in [1.29, 1.82) is 0 Å². The van der Waals surface area contributed by atoms with Gasteiger partial charge in [-0.1, -0.05) is 0 Å². The van der Waals surface area contributed by atoms with E-state index >= 15 is 0 Å². The zero-order valence-corrected chi connectivity index (χ0v) is 5.26. The fraction of sp³-hybridized carbons (Fsp3) is 1.00. The van der Waals surface area contributed by atoms with Crippen LogP contribution in [0.5, 0.6) is 0 Å². The smallest absolute Gasteiger partial charge is 0.0918 e. The van der Waals surface area contributed by atoms with Gasteiger partial charge in [-0.2, -0.15) is 0 Å². The third-order valence-electron chi connectivity index (χ3n) is 1.49. The molecule has 0 aromatic rings. The van der Waals surface area contributed by atoms with Gasteiger partial charge in [0.05, 0.1) is 26.3 Å². The Balaban J connectivity index is 2.33. The lowest BCUT2D eigenvalue weighted by molar-refractivity contribution is -0.805. The van der Waals surface area contributed by atoms with Crippen LogP contribution in [0.1, 0.15) is 0 Å². The maximum absolute atomic E-state index is 5.74. The summed E-state index contributed by atoms with van der Waals surface area (Å²) in [6.45, 7) is 3.51. The number of morpholine rings is 1. The summed E-state index contributed by atoms with van der Waals surface area (Å²) in [4.78, 5) is 0. The van der Waals surface area contributed by atoms with E-state index in [2.05, 4.69) is 0 Å². The van der Waals surface area contributed by atoms with Crippen molar-refractivity contribution < 1.29 is 9.13 Å². The van der Waals surface area contributed by atoms with E-state index < -0.39 is 0 Å². The van der Waals surface area contributed by atoms with Crippen LogP contribution >= 0.6 is 0 Å². The molecule has 0 spiro atoms. The molecule has 1 heterocycles. The molecule has 0 aromatic heterocycles. The quantitative estimate of drug-likeness (QED) is 0.385. The average Bonchev–Trinajstić information content (AvgIpc) is 1.65. The van der Waals surface area contributed by atoms with Gasteiger partial charge in [0.2, 0.25) is 0 Å². The lowest BCUT2D eigenvalue weighted by Gasteiger charge is -2.47. The summed E-state index contributed by atoms with van der Waals surface area (Å²) in [6, 6.07) is 0. The van der Waals surface area contributed by atoms with Crippen LogP contribution in [-0.2, 0) is 4.74 Å². The number of likely N-dealkylation sites (N-methyl/N-ethyl adjacent to an activating group) is 1. The Hall–Kier alpha value is -0.0151. The maximum atomic E-state index is 5.74. The normalized spacial score (nSPS) is 27.8. The number of quaternary nitrogens is 1. The first-order valence-electron chi connectivity index (χ1n) is 2.92. The highest BCUT2D eigenvalue weighted by atomic mass is 16.5. The SMILES string of the molecule is [B-][N+]1(C)CCOCC1. The van der Waals surface area contributed by atoms with Crippen molar-refractivity contribution >= 4 is 7.98 Å². The molecule has 45 valence electrons.